The fourth-order valence-electron chi connectivity index (χ4n) is 3.19. The van der Waals surface area contributed by atoms with E-state index in [0.717, 1.165) is 34.4 Å². The van der Waals surface area contributed by atoms with Gasteiger partial charge in [0.2, 0.25) is 11.8 Å². The molecule has 0 aromatic heterocycles. The molecule has 0 saturated carbocycles. The summed E-state index contributed by atoms with van der Waals surface area (Å²) < 4.78 is 0.959. The highest BCUT2D eigenvalue weighted by Crippen LogP contribution is 2.23. The van der Waals surface area contributed by atoms with Crippen LogP contribution in [0.5, 0.6) is 0 Å². The van der Waals surface area contributed by atoms with E-state index in [1.165, 1.54) is 4.90 Å². The number of rotatable bonds is 8. The van der Waals surface area contributed by atoms with Crippen molar-refractivity contribution >= 4 is 33.4 Å². The summed E-state index contributed by atoms with van der Waals surface area (Å²) in [5.41, 5.74) is 2.65. The maximum atomic E-state index is 13.2. The van der Waals surface area contributed by atoms with Crippen molar-refractivity contribution in [2.75, 3.05) is 32.0 Å². The number of carbonyl (C=O) groups excluding carboxylic acids is 2. The first kappa shape index (κ1) is 22.1. The Morgan fingerprint density at radius 3 is 2.29 bits per heavy atom. The Labute approximate surface area is 175 Å². The normalized spacial score (nSPS) is 11.9. The molecular formula is C22H28BrN3O2. The van der Waals surface area contributed by atoms with E-state index in [0.29, 0.717) is 0 Å². The number of hydrogen-bond donors (Lipinski definition) is 1. The zero-order valence-electron chi connectivity index (χ0n) is 16.9. The summed E-state index contributed by atoms with van der Waals surface area (Å²) in [5.74, 6) is -0.301. The maximum absolute atomic E-state index is 13.2. The van der Waals surface area contributed by atoms with E-state index in [4.69, 9.17) is 0 Å². The molecule has 6 heteroatoms. The van der Waals surface area contributed by atoms with Crippen molar-refractivity contribution in [1.82, 2.24) is 9.80 Å². The fourth-order valence-corrected chi connectivity index (χ4v) is 3.67. The summed E-state index contributed by atoms with van der Waals surface area (Å²) in [6, 6.07) is 15.0. The Balaban J connectivity index is 2.12. The molecule has 5 nitrogen and oxygen atoms in total. The maximum Gasteiger partial charge on any atom is 0.244 e. The highest BCUT2D eigenvalue weighted by atomic mass is 79.9. The number of likely N-dealkylation sites (N-methyl/N-ethyl adjacent to an activating group) is 2. The number of nitrogens with one attached hydrogen (secondary N) is 1. The van der Waals surface area contributed by atoms with Crippen molar-refractivity contribution in [2.45, 2.75) is 26.8 Å². The molecule has 2 aromatic rings. The molecule has 0 aliphatic heterocycles. The van der Waals surface area contributed by atoms with Crippen LogP contribution >= 0.6 is 15.9 Å². The van der Waals surface area contributed by atoms with E-state index in [-0.39, 0.29) is 18.4 Å². The molecule has 0 aliphatic carbocycles. The molecule has 0 radical (unpaired) electrons. The van der Waals surface area contributed by atoms with Gasteiger partial charge in [0.1, 0.15) is 6.04 Å². The van der Waals surface area contributed by atoms with Gasteiger partial charge in [0.15, 0.2) is 0 Å². The molecule has 0 saturated heterocycles. The first-order valence-electron chi connectivity index (χ1n) is 9.47. The lowest BCUT2D eigenvalue weighted by Gasteiger charge is -2.32. The predicted molar refractivity (Wildman–Crippen MR) is 117 cm³/mol. The lowest BCUT2D eigenvalue weighted by Crippen LogP contribution is -2.44. The van der Waals surface area contributed by atoms with Gasteiger partial charge in [0.05, 0.1) is 6.54 Å². The highest BCUT2D eigenvalue weighted by Gasteiger charge is 2.29. The number of anilines is 1. The minimum Gasteiger partial charge on any atom is -0.335 e. The van der Waals surface area contributed by atoms with Gasteiger partial charge in [-0.2, -0.15) is 0 Å². The lowest BCUT2D eigenvalue weighted by molar-refractivity contribution is -0.138. The van der Waals surface area contributed by atoms with Crippen LogP contribution in [0.4, 0.5) is 5.69 Å². The fraction of sp³-hybridized carbons (Fsp3) is 0.364. The summed E-state index contributed by atoms with van der Waals surface area (Å²) in [6.45, 7) is 7.51. The summed E-state index contributed by atoms with van der Waals surface area (Å²) in [4.78, 5) is 29.3. The van der Waals surface area contributed by atoms with Gasteiger partial charge in [0, 0.05) is 17.2 Å². The van der Waals surface area contributed by atoms with Crippen molar-refractivity contribution in [3.8, 4) is 0 Å². The molecule has 0 aliphatic rings. The Hall–Kier alpha value is -2.18. The molecule has 0 spiro atoms. The Morgan fingerprint density at radius 2 is 1.71 bits per heavy atom. The highest BCUT2D eigenvalue weighted by molar-refractivity contribution is 9.10. The van der Waals surface area contributed by atoms with E-state index in [1.807, 2.05) is 69.3 Å². The number of hydrogen-bond acceptors (Lipinski definition) is 3. The molecule has 150 valence electrons. The molecule has 0 fully saturated rings. The number of aryl methyl sites for hydroxylation is 1. The monoisotopic (exact) mass is 445 g/mol. The summed E-state index contributed by atoms with van der Waals surface area (Å²) >= 11 is 3.42. The second-order valence-corrected chi connectivity index (χ2v) is 7.65. The molecule has 2 aromatic carbocycles. The van der Waals surface area contributed by atoms with E-state index in [1.54, 1.807) is 7.05 Å². The second kappa shape index (κ2) is 10.4. The van der Waals surface area contributed by atoms with E-state index in [2.05, 4.69) is 26.1 Å². The molecule has 0 heterocycles. The van der Waals surface area contributed by atoms with Gasteiger partial charge >= 0.3 is 0 Å². The number of amides is 2. The quantitative estimate of drug-likeness (QED) is 0.660. The molecule has 28 heavy (non-hydrogen) atoms. The Kier molecular flexibility index (Phi) is 8.20. The molecule has 1 atom stereocenters. The molecule has 2 rings (SSSR count). The smallest absolute Gasteiger partial charge is 0.244 e. The second-order valence-electron chi connectivity index (χ2n) is 6.74. The van der Waals surface area contributed by atoms with Crippen molar-refractivity contribution < 1.29 is 9.59 Å². The third-order valence-corrected chi connectivity index (χ3v) is 5.24. The first-order valence-corrected chi connectivity index (χ1v) is 10.3. The van der Waals surface area contributed by atoms with Gasteiger partial charge in [-0.15, -0.1) is 0 Å². The van der Waals surface area contributed by atoms with Gasteiger partial charge in [0.25, 0.3) is 0 Å². The topological polar surface area (TPSA) is 52.7 Å². The summed E-state index contributed by atoms with van der Waals surface area (Å²) in [6.07, 6.45) is 0. The van der Waals surface area contributed by atoms with Crippen molar-refractivity contribution in [1.29, 1.82) is 0 Å². The summed E-state index contributed by atoms with van der Waals surface area (Å²) in [7, 11) is 1.68. The van der Waals surface area contributed by atoms with Gasteiger partial charge in [-0.05, 0) is 49.3 Å². The van der Waals surface area contributed by atoms with Gasteiger partial charge < -0.3 is 10.2 Å². The van der Waals surface area contributed by atoms with Crippen LogP contribution in [-0.4, -0.2) is 48.3 Å². The number of benzene rings is 2. The van der Waals surface area contributed by atoms with Gasteiger partial charge in [-0.3, -0.25) is 14.5 Å². The van der Waals surface area contributed by atoms with Crippen molar-refractivity contribution in [3.05, 3.63) is 64.1 Å². The predicted octanol–water partition coefficient (Wildman–Crippen LogP) is 4.24. The summed E-state index contributed by atoms with van der Waals surface area (Å²) in [5, 5.41) is 2.89. The minimum absolute atomic E-state index is 0.00105. The van der Waals surface area contributed by atoms with Crippen LogP contribution in [0.15, 0.2) is 53.0 Å². The standard InChI is InChI=1S/C22H28BrN3O2/c1-5-26(6-2)21(17-10-8-7-9-11-17)22(28)25(4)15-20(27)24-19-13-12-18(23)14-16(19)3/h7-14,21H,5-6,15H2,1-4H3,(H,24,27). The number of carbonyl (C=O) groups is 2. The average Bonchev–Trinajstić information content (AvgIpc) is 2.68. The van der Waals surface area contributed by atoms with E-state index in [9.17, 15) is 9.59 Å². The Morgan fingerprint density at radius 1 is 1.07 bits per heavy atom. The van der Waals surface area contributed by atoms with Crippen LogP contribution in [0, 0.1) is 6.92 Å². The zero-order valence-corrected chi connectivity index (χ0v) is 18.5. The number of nitrogens with zero attached hydrogens (tertiary/aromatic N) is 2. The molecule has 1 unspecified atom stereocenters. The number of halogens is 1. The third-order valence-electron chi connectivity index (χ3n) is 4.75. The molecular weight excluding hydrogens is 418 g/mol. The van der Waals surface area contributed by atoms with Crippen LogP contribution in [0.3, 0.4) is 0 Å². The van der Waals surface area contributed by atoms with E-state index < -0.39 is 6.04 Å². The average molecular weight is 446 g/mol. The molecule has 1 N–H and O–H groups in total. The van der Waals surface area contributed by atoms with Crippen LogP contribution in [-0.2, 0) is 9.59 Å². The van der Waals surface area contributed by atoms with Gasteiger partial charge in [-0.25, -0.2) is 0 Å². The van der Waals surface area contributed by atoms with Crippen molar-refractivity contribution in [2.24, 2.45) is 0 Å². The largest absolute Gasteiger partial charge is 0.335 e. The van der Waals surface area contributed by atoms with Crippen LogP contribution < -0.4 is 5.32 Å². The van der Waals surface area contributed by atoms with E-state index >= 15 is 0 Å². The first-order chi connectivity index (χ1) is 13.4. The molecule has 0 bridgehead atoms. The van der Waals surface area contributed by atoms with Crippen LogP contribution in [0.25, 0.3) is 0 Å². The third kappa shape index (κ3) is 5.66. The lowest BCUT2D eigenvalue weighted by atomic mass is 10.0. The van der Waals surface area contributed by atoms with Crippen LogP contribution in [0.2, 0.25) is 0 Å². The van der Waals surface area contributed by atoms with Gasteiger partial charge in [-0.1, -0.05) is 60.1 Å². The minimum atomic E-state index is -0.400. The van der Waals surface area contributed by atoms with Crippen LogP contribution in [0.1, 0.15) is 31.0 Å². The van der Waals surface area contributed by atoms with Crippen molar-refractivity contribution in [3.63, 3.8) is 0 Å². The SMILES string of the molecule is CCN(CC)C(C(=O)N(C)CC(=O)Nc1ccc(Br)cc1C)c1ccccc1. The molecule has 2 amide bonds. The Bertz CT molecular complexity index is 807. The zero-order chi connectivity index (χ0) is 20.7.